The summed E-state index contributed by atoms with van der Waals surface area (Å²) in [5.41, 5.74) is 1.89. The molecule has 1 heterocycles. The summed E-state index contributed by atoms with van der Waals surface area (Å²) in [6, 6.07) is 19.5. The van der Waals surface area contributed by atoms with E-state index in [1.54, 1.807) is 32.2 Å². The molecule has 0 amide bonds. The molecule has 1 aromatic heterocycles. The Kier molecular flexibility index (Phi) is 8.61. The maximum atomic E-state index is 13.3. The Bertz CT molecular complexity index is 1540. The molecule has 0 saturated heterocycles. The first kappa shape index (κ1) is 27.5. The highest BCUT2D eigenvalue weighted by molar-refractivity contribution is 7.92. The number of ether oxygens (including phenoxy) is 3. The number of nitrogens with zero attached hydrogens (tertiary/aromatic N) is 2. The summed E-state index contributed by atoms with van der Waals surface area (Å²) in [6.07, 6.45) is 0. The summed E-state index contributed by atoms with van der Waals surface area (Å²) in [6.45, 7) is 3.06. The molecule has 38 heavy (non-hydrogen) atoms. The van der Waals surface area contributed by atoms with Gasteiger partial charge in [0.1, 0.15) is 13.2 Å². The first-order valence-corrected chi connectivity index (χ1v) is 13.8. The summed E-state index contributed by atoms with van der Waals surface area (Å²) < 4.78 is 46.7. The lowest BCUT2D eigenvalue weighted by Crippen LogP contribution is -2.19. The number of fused-ring (bicyclic) bond motifs is 1. The standard InChI is InChI=1S/C28H30ClN3O5S/c1-19-22(29)9-7-11-27(19)38(33,34)31-28-26(17-21-8-5-6-10-23(21)30-28)37-18-20-12-13-24(35-4)25(16-20)36-15-14-32(2)3/h5-13,16-17H,14-15,18H2,1-4H3,(H,30,31). The third-order valence-corrected chi connectivity index (χ3v) is 7.74. The predicted octanol–water partition coefficient (Wildman–Crippen LogP) is 5.53. The van der Waals surface area contributed by atoms with Crippen LogP contribution in [-0.2, 0) is 16.6 Å². The lowest BCUT2D eigenvalue weighted by molar-refractivity contribution is 0.249. The normalized spacial score (nSPS) is 11.5. The number of aromatic nitrogens is 1. The van der Waals surface area contributed by atoms with Crippen molar-refractivity contribution in [1.29, 1.82) is 0 Å². The number of hydrogen-bond acceptors (Lipinski definition) is 7. The minimum atomic E-state index is -3.99. The van der Waals surface area contributed by atoms with Crippen LogP contribution in [0, 0.1) is 6.92 Å². The van der Waals surface area contributed by atoms with E-state index in [-0.39, 0.29) is 23.1 Å². The summed E-state index contributed by atoms with van der Waals surface area (Å²) in [5, 5.41) is 1.17. The van der Waals surface area contributed by atoms with Gasteiger partial charge in [-0.1, -0.05) is 41.9 Å². The molecule has 0 spiro atoms. The topological polar surface area (TPSA) is 90.0 Å². The number of likely N-dealkylation sites (N-methyl/N-ethyl adjacent to an activating group) is 1. The van der Waals surface area contributed by atoms with Crippen LogP contribution in [0.5, 0.6) is 17.2 Å². The fraction of sp³-hybridized carbons (Fsp3) is 0.250. The highest BCUT2D eigenvalue weighted by Gasteiger charge is 2.22. The van der Waals surface area contributed by atoms with Gasteiger partial charge >= 0.3 is 0 Å². The zero-order chi connectivity index (χ0) is 27.3. The fourth-order valence-corrected chi connectivity index (χ4v) is 5.28. The number of benzene rings is 3. The van der Waals surface area contributed by atoms with E-state index in [1.807, 2.05) is 61.5 Å². The van der Waals surface area contributed by atoms with Gasteiger partial charge in [0.25, 0.3) is 10.0 Å². The second-order valence-electron chi connectivity index (χ2n) is 8.92. The smallest absolute Gasteiger partial charge is 0.263 e. The van der Waals surface area contributed by atoms with Crippen LogP contribution in [0.15, 0.2) is 71.6 Å². The Balaban J connectivity index is 1.63. The number of para-hydroxylation sites is 1. The molecule has 3 aromatic carbocycles. The van der Waals surface area contributed by atoms with Crippen LogP contribution >= 0.6 is 11.6 Å². The number of halogens is 1. The van der Waals surface area contributed by atoms with Gasteiger partial charge in [0.05, 0.1) is 17.5 Å². The number of methoxy groups -OCH3 is 1. The molecule has 10 heteroatoms. The molecular weight excluding hydrogens is 526 g/mol. The van der Waals surface area contributed by atoms with E-state index in [2.05, 4.69) is 9.71 Å². The molecule has 0 aliphatic carbocycles. The highest BCUT2D eigenvalue weighted by atomic mass is 35.5. The van der Waals surface area contributed by atoms with Crippen molar-refractivity contribution in [2.45, 2.75) is 18.4 Å². The van der Waals surface area contributed by atoms with Crippen LogP contribution in [0.4, 0.5) is 5.82 Å². The molecular formula is C28H30ClN3O5S. The van der Waals surface area contributed by atoms with Crippen molar-refractivity contribution in [1.82, 2.24) is 9.88 Å². The van der Waals surface area contributed by atoms with Gasteiger partial charge in [-0.05, 0) is 68.5 Å². The first-order chi connectivity index (χ1) is 18.2. The Labute approximate surface area is 228 Å². The molecule has 0 aliphatic heterocycles. The number of nitrogens with one attached hydrogen (secondary N) is 1. The molecule has 0 aliphatic rings. The number of anilines is 1. The van der Waals surface area contributed by atoms with Crippen molar-refractivity contribution in [2.24, 2.45) is 0 Å². The lowest BCUT2D eigenvalue weighted by atomic mass is 10.2. The minimum absolute atomic E-state index is 0.0700. The van der Waals surface area contributed by atoms with E-state index in [0.717, 1.165) is 17.5 Å². The van der Waals surface area contributed by atoms with Crippen molar-refractivity contribution >= 4 is 38.3 Å². The van der Waals surface area contributed by atoms with Crippen LogP contribution in [0.2, 0.25) is 5.02 Å². The summed E-state index contributed by atoms with van der Waals surface area (Å²) in [7, 11) is 1.55. The number of sulfonamides is 1. The molecule has 0 radical (unpaired) electrons. The van der Waals surface area contributed by atoms with Gasteiger partial charge in [-0.25, -0.2) is 13.4 Å². The maximum absolute atomic E-state index is 13.3. The van der Waals surface area contributed by atoms with Crippen molar-refractivity contribution in [3.8, 4) is 17.2 Å². The third-order valence-electron chi connectivity index (χ3n) is 5.85. The third kappa shape index (κ3) is 6.48. The van der Waals surface area contributed by atoms with E-state index in [0.29, 0.717) is 34.2 Å². The average Bonchev–Trinajstić information content (AvgIpc) is 2.88. The first-order valence-electron chi connectivity index (χ1n) is 11.9. The summed E-state index contributed by atoms with van der Waals surface area (Å²) >= 11 is 6.18. The monoisotopic (exact) mass is 555 g/mol. The quantitative estimate of drug-likeness (QED) is 0.260. The molecule has 4 rings (SSSR count). The van der Waals surface area contributed by atoms with Gasteiger partial charge in [-0.15, -0.1) is 0 Å². The van der Waals surface area contributed by atoms with Crippen LogP contribution in [0.25, 0.3) is 10.9 Å². The molecule has 8 nitrogen and oxygen atoms in total. The Morgan fingerprint density at radius 3 is 2.50 bits per heavy atom. The average molecular weight is 556 g/mol. The van der Waals surface area contributed by atoms with Gasteiger partial charge in [-0.3, -0.25) is 4.72 Å². The van der Waals surface area contributed by atoms with E-state index >= 15 is 0 Å². The summed E-state index contributed by atoms with van der Waals surface area (Å²) in [5.74, 6) is 1.59. The minimum Gasteiger partial charge on any atom is -0.493 e. The van der Waals surface area contributed by atoms with Crippen molar-refractivity contribution in [2.75, 3.05) is 39.1 Å². The SMILES string of the molecule is COc1ccc(COc2cc3ccccc3nc2NS(=O)(=O)c2cccc(Cl)c2C)cc1OCCN(C)C. The van der Waals surface area contributed by atoms with Gasteiger partial charge in [0.15, 0.2) is 23.1 Å². The van der Waals surface area contributed by atoms with Crippen LogP contribution < -0.4 is 18.9 Å². The maximum Gasteiger partial charge on any atom is 0.263 e. The largest absolute Gasteiger partial charge is 0.493 e. The Morgan fingerprint density at radius 2 is 1.74 bits per heavy atom. The predicted molar refractivity (Wildman–Crippen MR) is 150 cm³/mol. The van der Waals surface area contributed by atoms with Gasteiger partial charge in [-0.2, -0.15) is 0 Å². The number of hydrogen-bond donors (Lipinski definition) is 1. The highest BCUT2D eigenvalue weighted by Crippen LogP contribution is 2.33. The van der Waals surface area contributed by atoms with E-state index in [1.165, 1.54) is 6.07 Å². The second-order valence-corrected chi connectivity index (χ2v) is 11.0. The second kappa shape index (κ2) is 11.9. The van der Waals surface area contributed by atoms with Crippen LogP contribution in [0.1, 0.15) is 11.1 Å². The molecule has 0 fully saturated rings. The summed E-state index contributed by atoms with van der Waals surface area (Å²) in [4.78, 5) is 6.65. The van der Waals surface area contributed by atoms with Gasteiger partial charge in [0.2, 0.25) is 0 Å². The Morgan fingerprint density at radius 1 is 0.947 bits per heavy atom. The van der Waals surface area contributed by atoms with Crippen molar-refractivity contribution < 1.29 is 22.6 Å². The number of pyridine rings is 1. The molecule has 0 saturated carbocycles. The molecule has 0 unspecified atom stereocenters. The molecule has 4 aromatic rings. The van der Waals surface area contributed by atoms with Crippen molar-refractivity contribution in [3.05, 3.63) is 82.9 Å². The van der Waals surface area contributed by atoms with Gasteiger partial charge in [0, 0.05) is 17.0 Å². The molecule has 0 bridgehead atoms. The Hall–Kier alpha value is -3.53. The molecule has 0 atom stereocenters. The van der Waals surface area contributed by atoms with Crippen LogP contribution in [0.3, 0.4) is 0 Å². The van der Waals surface area contributed by atoms with Crippen molar-refractivity contribution in [3.63, 3.8) is 0 Å². The zero-order valence-electron chi connectivity index (χ0n) is 21.7. The fourth-order valence-electron chi connectivity index (χ4n) is 3.76. The van der Waals surface area contributed by atoms with Crippen LogP contribution in [-0.4, -0.2) is 52.7 Å². The molecule has 1 N–H and O–H groups in total. The number of rotatable bonds is 11. The van der Waals surface area contributed by atoms with E-state index in [4.69, 9.17) is 25.8 Å². The van der Waals surface area contributed by atoms with E-state index < -0.39 is 10.0 Å². The zero-order valence-corrected chi connectivity index (χ0v) is 23.3. The van der Waals surface area contributed by atoms with Gasteiger partial charge < -0.3 is 19.1 Å². The van der Waals surface area contributed by atoms with E-state index in [9.17, 15) is 8.42 Å². The lowest BCUT2D eigenvalue weighted by Gasteiger charge is -2.17. The molecule has 200 valence electrons.